The first-order valence-electron chi connectivity index (χ1n) is 4.98. The average Bonchev–Trinajstić information content (AvgIpc) is 2.57. The molecule has 0 saturated carbocycles. The number of aromatic amines is 1. The second kappa shape index (κ2) is 4.77. The van der Waals surface area contributed by atoms with E-state index in [1.54, 1.807) is 6.20 Å². The van der Waals surface area contributed by atoms with E-state index in [1.165, 1.54) is 6.92 Å². The number of aromatic nitrogens is 1. The summed E-state index contributed by atoms with van der Waals surface area (Å²) in [6, 6.07) is 0. The van der Waals surface area contributed by atoms with E-state index >= 15 is 0 Å². The van der Waals surface area contributed by atoms with Gasteiger partial charge in [-0.3, -0.25) is 9.59 Å². The number of carboxylic acid groups (broad SMARTS) is 1. The Bertz CT molecular complexity index is 379. The molecule has 0 radical (unpaired) electrons. The van der Waals surface area contributed by atoms with Crippen molar-refractivity contribution in [2.45, 2.75) is 33.1 Å². The third kappa shape index (κ3) is 2.68. The van der Waals surface area contributed by atoms with E-state index < -0.39 is 5.97 Å². The summed E-state index contributed by atoms with van der Waals surface area (Å²) in [4.78, 5) is 24.8. The molecule has 82 valence electrons. The number of hydrogen-bond acceptors (Lipinski definition) is 2. The Kier molecular flexibility index (Phi) is 3.66. The summed E-state index contributed by atoms with van der Waals surface area (Å²) < 4.78 is 0. The van der Waals surface area contributed by atoms with Gasteiger partial charge in [0.05, 0.1) is 0 Å². The second-order valence-electron chi connectivity index (χ2n) is 3.47. The van der Waals surface area contributed by atoms with Gasteiger partial charge in [0.1, 0.15) is 0 Å². The van der Waals surface area contributed by atoms with Gasteiger partial charge in [0, 0.05) is 23.9 Å². The number of hydrogen-bond donors (Lipinski definition) is 2. The zero-order valence-electron chi connectivity index (χ0n) is 8.96. The first kappa shape index (κ1) is 11.5. The number of carbonyl (C=O) groups is 2. The van der Waals surface area contributed by atoms with Crippen LogP contribution in [0.3, 0.4) is 0 Å². The summed E-state index contributed by atoms with van der Waals surface area (Å²) in [5.41, 5.74) is 2.36. The average molecular weight is 209 g/mol. The highest BCUT2D eigenvalue weighted by Gasteiger charge is 2.14. The molecule has 1 aromatic heterocycles. The molecule has 1 heterocycles. The predicted octanol–water partition coefficient (Wildman–Crippen LogP) is 1.80. The number of aliphatic carboxylic acids is 1. The lowest BCUT2D eigenvalue weighted by Gasteiger charge is -2.01. The van der Waals surface area contributed by atoms with Gasteiger partial charge in [-0.15, -0.1) is 0 Å². The quantitative estimate of drug-likeness (QED) is 0.726. The van der Waals surface area contributed by atoms with Gasteiger partial charge in [0.15, 0.2) is 5.78 Å². The third-order valence-electron chi connectivity index (χ3n) is 2.36. The fourth-order valence-electron chi connectivity index (χ4n) is 1.67. The number of carbonyl (C=O) groups excluding carboxylic acids is 1. The molecule has 0 amide bonds. The maximum atomic E-state index is 11.4. The predicted molar refractivity (Wildman–Crippen MR) is 56.1 cm³/mol. The summed E-state index contributed by atoms with van der Waals surface area (Å²) in [7, 11) is 0. The Morgan fingerprint density at radius 3 is 2.60 bits per heavy atom. The van der Waals surface area contributed by atoms with Gasteiger partial charge in [0.2, 0.25) is 0 Å². The lowest BCUT2D eigenvalue weighted by Crippen LogP contribution is -2.03. The molecule has 1 aromatic rings. The van der Waals surface area contributed by atoms with Crippen molar-refractivity contribution in [3.05, 3.63) is 23.0 Å². The van der Waals surface area contributed by atoms with Crippen LogP contribution in [0.5, 0.6) is 0 Å². The molecule has 0 unspecified atom stereocenters. The summed E-state index contributed by atoms with van der Waals surface area (Å²) in [5.74, 6) is -0.850. The normalized spacial score (nSPS) is 10.3. The zero-order chi connectivity index (χ0) is 11.4. The van der Waals surface area contributed by atoms with E-state index in [0.29, 0.717) is 12.0 Å². The molecule has 15 heavy (non-hydrogen) atoms. The van der Waals surface area contributed by atoms with Crippen molar-refractivity contribution in [2.24, 2.45) is 0 Å². The van der Waals surface area contributed by atoms with Crippen LogP contribution in [0, 0.1) is 0 Å². The van der Waals surface area contributed by atoms with Gasteiger partial charge >= 0.3 is 5.97 Å². The SMILES string of the molecule is CCc1[nH]cc(CCC(=O)O)c1C(C)=O. The van der Waals surface area contributed by atoms with Gasteiger partial charge in [0.25, 0.3) is 0 Å². The van der Waals surface area contributed by atoms with Gasteiger partial charge in [-0.05, 0) is 25.3 Å². The molecule has 1 rings (SSSR count). The Morgan fingerprint density at radius 1 is 1.47 bits per heavy atom. The maximum absolute atomic E-state index is 11.4. The minimum atomic E-state index is -0.844. The fourth-order valence-corrected chi connectivity index (χ4v) is 1.67. The summed E-state index contributed by atoms with van der Waals surface area (Å²) in [6.45, 7) is 3.46. The molecule has 0 aliphatic rings. The van der Waals surface area contributed by atoms with Crippen molar-refractivity contribution in [1.82, 2.24) is 4.98 Å². The highest BCUT2D eigenvalue weighted by Crippen LogP contribution is 2.17. The lowest BCUT2D eigenvalue weighted by atomic mass is 10.0. The summed E-state index contributed by atoms with van der Waals surface area (Å²) in [6.07, 6.45) is 2.95. The van der Waals surface area contributed by atoms with Crippen LogP contribution in [0.2, 0.25) is 0 Å². The number of aryl methyl sites for hydroxylation is 2. The van der Waals surface area contributed by atoms with E-state index in [4.69, 9.17) is 5.11 Å². The monoisotopic (exact) mass is 209 g/mol. The van der Waals surface area contributed by atoms with Crippen molar-refractivity contribution in [1.29, 1.82) is 0 Å². The highest BCUT2D eigenvalue weighted by atomic mass is 16.4. The topological polar surface area (TPSA) is 70.2 Å². The number of ketones is 1. The largest absolute Gasteiger partial charge is 0.481 e. The molecule has 0 aromatic carbocycles. The molecule has 0 aliphatic carbocycles. The van der Waals surface area contributed by atoms with Crippen LogP contribution in [0.1, 0.15) is 41.9 Å². The summed E-state index contributed by atoms with van der Waals surface area (Å²) >= 11 is 0. The first-order valence-corrected chi connectivity index (χ1v) is 4.98. The molecule has 0 bridgehead atoms. The van der Waals surface area contributed by atoms with Crippen molar-refractivity contribution >= 4 is 11.8 Å². The van der Waals surface area contributed by atoms with Gasteiger partial charge in [-0.25, -0.2) is 0 Å². The van der Waals surface area contributed by atoms with Crippen molar-refractivity contribution in [3.8, 4) is 0 Å². The molecular formula is C11H15NO3. The molecule has 4 heteroatoms. The highest BCUT2D eigenvalue weighted by molar-refractivity contribution is 5.97. The molecule has 0 atom stereocenters. The van der Waals surface area contributed by atoms with E-state index in [-0.39, 0.29) is 12.2 Å². The molecule has 4 nitrogen and oxygen atoms in total. The number of rotatable bonds is 5. The van der Waals surface area contributed by atoms with E-state index in [0.717, 1.165) is 17.7 Å². The Labute approximate surface area is 88.3 Å². The van der Waals surface area contributed by atoms with E-state index in [1.807, 2.05) is 6.92 Å². The molecular weight excluding hydrogens is 194 g/mol. The van der Waals surface area contributed by atoms with Gasteiger partial charge in [-0.2, -0.15) is 0 Å². The lowest BCUT2D eigenvalue weighted by molar-refractivity contribution is -0.136. The number of H-pyrrole nitrogens is 1. The van der Waals surface area contributed by atoms with Gasteiger partial charge < -0.3 is 10.1 Å². The molecule has 0 aliphatic heterocycles. The second-order valence-corrected chi connectivity index (χ2v) is 3.47. The number of nitrogens with one attached hydrogen (secondary N) is 1. The van der Waals surface area contributed by atoms with Crippen LogP contribution in [0.15, 0.2) is 6.20 Å². The van der Waals surface area contributed by atoms with Crippen molar-refractivity contribution in [3.63, 3.8) is 0 Å². The van der Waals surface area contributed by atoms with Crippen molar-refractivity contribution in [2.75, 3.05) is 0 Å². The third-order valence-corrected chi connectivity index (χ3v) is 2.36. The Balaban J connectivity index is 2.92. The smallest absolute Gasteiger partial charge is 0.303 e. The molecule has 0 fully saturated rings. The van der Waals surface area contributed by atoms with E-state index in [2.05, 4.69) is 4.98 Å². The maximum Gasteiger partial charge on any atom is 0.303 e. The van der Waals surface area contributed by atoms with Crippen LogP contribution in [0.25, 0.3) is 0 Å². The minimum Gasteiger partial charge on any atom is -0.481 e. The fraction of sp³-hybridized carbons (Fsp3) is 0.455. The van der Waals surface area contributed by atoms with Gasteiger partial charge in [-0.1, -0.05) is 6.92 Å². The standard InChI is InChI=1S/C11H15NO3/c1-3-9-11(7(2)13)8(6-12-9)4-5-10(14)15/h6,12H,3-5H2,1-2H3,(H,14,15). The van der Waals surface area contributed by atoms with Crippen LogP contribution in [0.4, 0.5) is 0 Å². The van der Waals surface area contributed by atoms with Crippen molar-refractivity contribution < 1.29 is 14.7 Å². The zero-order valence-corrected chi connectivity index (χ0v) is 8.96. The van der Waals surface area contributed by atoms with E-state index in [9.17, 15) is 9.59 Å². The van der Waals surface area contributed by atoms with Crippen LogP contribution in [-0.2, 0) is 17.6 Å². The molecule has 0 saturated heterocycles. The van der Waals surface area contributed by atoms with Crippen LogP contribution >= 0.6 is 0 Å². The Hall–Kier alpha value is -1.58. The summed E-state index contributed by atoms with van der Waals surface area (Å²) in [5, 5.41) is 8.57. The first-order chi connectivity index (χ1) is 7.06. The number of Topliss-reactive ketones (excluding diaryl/α,β-unsaturated/α-hetero) is 1. The minimum absolute atomic E-state index is 0.00603. The Morgan fingerprint density at radius 2 is 2.13 bits per heavy atom. The number of carboxylic acids is 1. The molecule has 0 spiro atoms. The van der Waals surface area contributed by atoms with Crippen LogP contribution < -0.4 is 0 Å². The van der Waals surface area contributed by atoms with Crippen LogP contribution in [-0.4, -0.2) is 21.8 Å². The molecule has 2 N–H and O–H groups in total.